The third-order valence-corrected chi connectivity index (χ3v) is 5.52. The summed E-state index contributed by atoms with van der Waals surface area (Å²) in [6.45, 7) is 0. The standard InChI is InChI=1S/C15H21NS/c1-16-13(9-8-11-6-7-11)15-10-12-4-2-3-5-14(12)17-15/h2-5,11,13,15-16H,6-10H2,1H3. The van der Waals surface area contributed by atoms with E-state index < -0.39 is 0 Å². The van der Waals surface area contributed by atoms with Gasteiger partial charge in [0.1, 0.15) is 0 Å². The maximum atomic E-state index is 3.54. The Balaban J connectivity index is 1.60. The number of benzene rings is 1. The van der Waals surface area contributed by atoms with Crippen molar-refractivity contribution in [2.45, 2.75) is 48.3 Å². The van der Waals surface area contributed by atoms with Gasteiger partial charge >= 0.3 is 0 Å². The molecule has 1 aromatic rings. The number of rotatable bonds is 5. The molecule has 1 aliphatic carbocycles. The monoisotopic (exact) mass is 247 g/mol. The molecule has 17 heavy (non-hydrogen) atoms. The predicted molar refractivity (Wildman–Crippen MR) is 74.6 cm³/mol. The van der Waals surface area contributed by atoms with Crippen LogP contribution in [0.2, 0.25) is 0 Å². The van der Waals surface area contributed by atoms with Crippen LogP contribution in [-0.2, 0) is 6.42 Å². The van der Waals surface area contributed by atoms with Gasteiger partial charge in [0, 0.05) is 16.2 Å². The van der Waals surface area contributed by atoms with Gasteiger partial charge in [-0.3, -0.25) is 0 Å². The summed E-state index contributed by atoms with van der Waals surface area (Å²) in [5.41, 5.74) is 1.55. The molecule has 0 aromatic heterocycles. The van der Waals surface area contributed by atoms with Gasteiger partial charge in [-0.25, -0.2) is 0 Å². The highest BCUT2D eigenvalue weighted by molar-refractivity contribution is 8.00. The highest BCUT2D eigenvalue weighted by atomic mass is 32.2. The predicted octanol–water partition coefficient (Wildman–Crippen LogP) is 3.48. The van der Waals surface area contributed by atoms with Crippen LogP contribution in [0.4, 0.5) is 0 Å². The molecule has 0 bridgehead atoms. The molecule has 0 amide bonds. The van der Waals surface area contributed by atoms with Crippen molar-refractivity contribution in [3.63, 3.8) is 0 Å². The molecule has 3 rings (SSSR count). The smallest absolute Gasteiger partial charge is 0.0289 e. The Labute approximate surface area is 108 Å². The Bertz CT molecular complexity index is 361. The van der Waals surface area contributed by atoms with Crippen molar-refractivity contribution < 1.29 is 0 Å². The van der Waals surface area contributed by atoms with Crippen LogP contribution in [0.5, 0.6) is 0 Å². The Kier molecular flexibility index (Phi) is 3.44. The lowest BCUT2D eigenvalue weighted by molar-refractivity contribution is 0.473. The fourth-order valence-corrected chi connectivity index (χ4v) is 4.26. The van der Waals surface area contributed by atoms with Crippen molar-refractivity contribution in [3.05, 3.63) is 29.8 Å². The highest BCUT2D eigenvalue weighted by Crippen LogP contribution is 2.40. The van der Waals surface area contributed by atoms with Gasteiger partial charge < -0.3 is 5.32 Å². The summed E-state index contributed by atoms with van der Waals surface area (Å²) in [7, 11) is 2.13. The van der Waals surface area contributed by atoms with Crippen molar-refractivity contribution in [2.75, 3.05) is 7.05 Å². The summed E-state index contributed by atoms with van der Waals surface area (Å²) in [5.74, 6) is 1.06. The van der Waals surface area contributed by atoms with E-state index in [0.29, 0.717) is 6.04 Å². The Hall–Kier alpha value is -0.470. The Morgan fingerprint density at radius 2 is 2.18 bits per heavy atom. The van der Waals surface area contributed by atoms with Crippen LogP contribution in [-0.4, -0.2) is 18.3 Å². The van der Waals surface area contributed by atoms with Gasteiger partial charge in [0.2, 0.25) is 0 Å². The quantitative estimate of drug-likeness (QED) is 0.855. The average molecular weight is 247 g/mol. The number of nitrogens with one attached hydrogen (secondary N) is 1. The lowest BCUT2D eigenvalue weighted by atomic mass is 10.0. The molecule has 1 nitrogen and oxygen atoms in total. The van der Waals surface area contributed by atoms with Crippen LogP contribution in [0.25, 0.3) is 0 Å². The van der Waals surface area contributed by atoms with E-state index in [-0.39, 0.29) is 0 Å². The van der Waals surface area contributed by atoms with E-state index >= 15 is 0 Å². The molecule has 92 valence electrons. The molecule has 1 N–H and O–H groups in total. The molecule has 2 atom stereocenters. The van der Waals surface area contributed by atoms with E-state index in [0.717, 1.165) is 11.2 Å². The number of thioether (sulfide) groups is 1. The third kappa shape index (κ3) is 2.69. The molecular weight excluding hydrogens is 226 g/mol. The Morgan fingerprint density at radius 3 is 2.88 bits per heavy atom. The highest BCUT2D eigenvalue weighted by Gasteiger charge is 2.30. The van der Waals surface area contributed by atoms with Crippen LogP contribution >= 0.6 is 11.8 Å². The van der Waals surface area contributed by atoms with Crippen LogP contribution < -0.4 is 5.32 Å². The first kappa shape index (κ1) is 11.6. The Morgan fingerprint density at radius 1 is 1.35 bits per heavy atom. The largest absolute Gasteiger partial charge is 0.316 e. The van der Waals surface area contributed by atoms with E-state index in [1.165, 1.54) is 37.0 Å². The van der Waals surface area contributed by atoms with E-state index in [2.05, 4.69) is 48.4 Å². The molecule has 2 heteroatoms. The average Bonchev–Trinajstić information content (AvgIpc) is 3.08. The minimum Gasteiger partial charge on any atom is -0.316 e. The van der Waals surface area contributed by atoms with Crippen molar-refractivity contribution in [2.24, 2.45) is 5.92 Å². The minimum atomic E-state index is 0.688. The fourth-order valence-electron chi connectivity index (χ4n) is 2.77. The molecule has 2 aliphatic rings. The molecule has 2 unspecified atom stereocenters. The van der Waals surface area contributed by atoms with E-state index in [1.54, 1.807) is 5.56 Å². The molecule has 1 saturated carbocycles. The van der Waals surface area contributed by atoms with Crippen LogP contribution in [0.3, 0.4) is 0 Å². The molecule has 1 aliphatic heterocycles. The second-order valence-corrected chi connectivity index (χ2v) is 6.67. The first-order valence-electron chi connectivity index (χ1n) is 6.78. The number of hydrogen-bond acceptors (Lipinski definition) is 2. The second kappa shape index (κ2) is 5.03. The zero-order valence-electron chi connectivity index (χ0n) is 10.5. The molecule has 0 spiro atoms. The zero-order valence-corrected chi connectivity index (χ0v) is 11.3. The van der Waals surface area contributed by atoms with E-state index in [1.807, 2.05) is 0 Å². The topological polar surface area (TPSA) is 12.0 Å². The van der Waals surface area contributed by atoms with Gasteiger partial charge in [-0.2, -0.15) is 0 Å². The molecule has 0 radical (unpaired) electrons. The molecule has 1 fully saturated rings. The van der Waals surface area contributed by atoms with Crippen LogP contribution in [0.1, 0.15) is 31.2 Å². The second-order valence-electron chi connectivity index (χ2n) is 5.38. The van der Waals surface area contributed by atoms with Crippen molar-refractivity contribution in [1.82, 2.24) is 5.32 Å². The maximum Gasteiger partial charge on any atom is 0.0289 e. The summed E-state index contributed by atoms with van der Waals surface area (Å²) in [5, 5.41) is 4.29. The van der Waals surface area contributed by atoms with E-state index in [4.69, 9.17) is 0 Å². The molecule has 1 aromatic carbocycles. The van der Waals surface area contributed by atoms with Crippen LogP contribution in [0, 0.1) is 5.92 Å². The lowest BCUT2D eigenvalue weighted by Crippen LogP contribution is -2.35. The van der Waals surface area contributed by atoms with Gasteiger partial charge in [0.15, 0.2) is 0 Å². The van der Waals surface area contributed by atoms with E-state index in [9.17, 15) is 0 Å². The van der Waals surface area contributed by atoms with Gasteiger partial charge in [-0.15, -0.1) is 11.8 Å². The summed E-state index contributed by atoms with van der Waals surface area (Å²) >= 11 is 2.08. The van der Waals surface area contributed by atoms with Gasteiger partial charge in [0.25, 0.3) is 0 Å². The summed E-state index contributed by atoms with van der Waals surface area (Å²) < 4.78 is 0. The van der Waals surface area contributed by atoms with Crippen LogP contribution in [0.15, 0.2) is 29.2 Å². The van der Waals surface area contributed by atoms with Crippen molar-refractivity contribution in [3.8, 4) is 0 Å². The SMILES string of the molecule is CNC(CCC1CC1)C1Cc2ccccc2S1. The van der Waals surface area contributed by atoms with Crippen molar-refractivity contribution in [1.29, 1.82) is 0 Å². The zero-order chi connectivity index (χ0) is 11.7. The van der Waals surface area contributed by atoms with Gasteiger partial charge in [0.05, 0.1) is 0 Å². The van der Waals surface area contributed by atoms with Gasteiger partial charge in [-0.1, -0.05) is 31.0 Å². The fraction of sp³-hybridized carbons (Fsp3) is 0.600. The third-order valence-electron chi connectivity index (χ3n) is 4.07. The number of hydrogen-bond donors (Lipinski definition) is 1. The molecular formula is C15H21NS. The summed E-state index contributed by atoms with van der Waals surface area (Å²) in [6.07, 6.45) is 6.99. The van der Waals surface area contributed by atoms with Gasteiger partial charge in [-0.05, 0) is 43.9 Å². The number of fused-ring (bicyclic) bond motifs is 1. The summed E-state index contributed by atoms with van der Waals surface area (Å²) in [4.78, 5) is 1.50. The summed E-state index contributed by atoms with van der Waals surface area (Å²) in [6, 6.07) is 9.57. The first-order valence-corrected chi connectivity index (χ1v) is 7.66. The molecule has 0 saturated heterocycles. The maximum absolute atomic E-state index is 3.54. The lowest BCUT2D eigenvalue weighted by Gasteiger charge is -2.22. The van der Waals surface area contributed by atoms with Crippen molar-refractivity contribution >= 4 is 11.8 Å². The molecule has 1 heterocycles. The minimum absolute atomic E-state index is 0.688. The normalized spacial score (nSPS) is 24.6. The first-order chi connectivity index (χ1) is 8.36.